The van der Waals surface area contributed by atoms with E-state index < -0.39 is 0 Å². The Hall–Kier alpha value is -1.66. The molecule has 5 nitrogen and oxygen atoms in total. The van der Waals surface area contributed by atoms with Gasteiger partial charge in [-0.2, -0.15) is 0 Å². The van der Waals surface area contributed by atoms with E-state index in [9.17, 15) is 4.79 Å². The monoisotopic (exact) mass is 319 g/mol. The van der Waals surface area contributed by atoms with Gasteiger partial charge in [0.05, 0.1) is 22.4 Å². The normalized spacial score (nSPS) is 19.3. The zero-order valence-corrected chi connectivity index (χ0v) is 13.7. The first-order valence-electron chi connectivity index (χ1n) is 7.63. The number of benzene rings is 1. The van der Waals surface area contributed by atoms with Crippen LogP contribution in [0.15, 0.2) is 24.3 Å². The van der Waals surface area contributed by atoms with E-state index in [1.54, 1.807) is 16.2 Å². The lowest BCUT2D eigenvalue weighted by atomic mass is 10.2. The van der Waals surface area contributed by atoms with Crippen LogP contribution < -0.4 is 5.32 Å². The first-order chi connectivity index (χ1) is 10.6. The van der Waals surface area contributed by atoms with Crippen LogP contribution in [0, 0.1) is 0 Å². The van der Waals surface area contributed by atoms with E-state index in [0.717, 1.165) is 34.7 Å². The molecule has 6 heteroatoms. The first-order valence-corrected chi connectivity index (χ1v) is 8.44. The topological polar surface area (TPSA) is 54.5 Å². The summed E-state index contributed by atoms with van der Waals surface area (Å²) in [6, 6.07) is 7.91. The summed E-state index contributed by atoms with van der Waals surface area (Å²) in [6.45, 7) is 3.39. The van der Waals surface area contributed by atoms with Crippen LogP contribution in [0.1, 0.15) is 30.8 Å². The number of hydrogen-bond donors (Lipinski definition) is 1. The van der Waals surface area contributed by atoms with Gasteiger partial charge in [-0.3, -0.25) is 0 Å². The second kappa shape index (κ2) is 6.62. The lowest BCUT2D eigenvalue weighted by Gasteiger charge is -2.24. The smallest absolute Gasteiger partial charge is 0.317 e. The highest BCUT2D eigenvalue weighted by atomic mass is 32.1. The maximum absolute atomic E-state index is 12.3. The molecule has 2 atom stereocenters. The molecule has 2 unspecified atom stereocenters. The van der Waals surface area contributed by atoms with Crippen molar-refractivity contribution in [2.75, 3.05) is 20.2 Å². The Morgan fingerprint density at radius 1 is 1.55 bits per heavy atom. The van der Waals surface area contributed by atoms with Gasteiger partial charge in [-0.15, -0.1) is 11.3 Å². The van der Waals surface area contributed by atoms with Crippen LogP contribution in [-0.4, -0.2) is 42.2 Å². The molecule has 1 aliphatic rings. The van der Waals surface area contributed by atoms with Crippen LogP contribution in [-0.2, 0) is 4.74 Å². The van der Waals surface area contributed by atoms with Crippen molar-refractivity contribution in [1.29, 1.82) is 0 Å². The highest BCUT2D eigenvalue weighted by Crippen LogP contribution is 2.28. The van der Waals surface area contributed by atoms with Gasteiger partial charge >= 0.3 is 6.03 Å². The molecule has 0 bridgehead atoms. The van der Waals surface area contributed by atoms with Crippen LogP contribution >= 0.6 is 11.3 Å². The van der Waals surface area contributed by atoms with E-state index in [1.165, 1.54) is 0 Å². The van der Waals surface area contributed by atoms with Gasteiger partial charge in [0.2, 0.25) is 0 Å². The summed E-state index contributed by atoms with van der Waals surface area (Å²) in [6.07, 6.45) is 2.27. The Bertz CT molecular complexity index is 619. The molecule has 0 spiro atoms. The molecule has 118 valence electrons. The van der Waals surface area contributed by atoms with Gasteiger partial charge in [0.15, 0.2) is 0 Å². The molecule has 1 fully saturated rings. The highest BCUT2D eigenvalue weighted by Gasteiger charge is 2.22. The molecule has 0 aliphatic carbocycles. The van der Waals surface area contributed by atoms with Crippen LogP contribution in [0.5, 0.6) is 0 Å². The number of para-hydroxylation sites is 1. The number of ether oxygens (including phenoxy) is 1. The van der Waals surface area contributed by atoms with Crippen LogP contribution in [0.3, 0.4) is 0 Å². The number of carbonyl (C=O) groups excluding carboxylic acids is 1. The van der Waals surface area contributed by atoms with Gasteiger partial charge in [0, 0.05) is 20.2 Å². The van der Waals surface area contributed by atoms with Crippen molar-refractivity contribution in [3.05, 3.63) is 29.3 Å². The minimum absolute atomic E-state index is 0.0538. The molecule has 2 aromatic rings. The van der Waals surface area contributed by atoms with Crippen molar-refractivity contribution in [1.82, 2.24) is 15.2 Å². The Morgan fingerprint density at radius 3 is 3.09 bits per heavy atom. The second-order valence-corrected chi connectivity index (χ2v) is 6.69. The Kier molecular flexibility index (Phi) is 4.59. The van der Waals surface area contributed by atoms with Gasteiger partial charge < -0.3 is 15.0 Å². The fourth-order valence-electron chi connectivity index (χ4n) is 2.54. The van der Waals surface area contributed by atoms with Gasteiger partial charge in [-0.1, -0.05) is 12.1 Å². The van der Waals surface area contributed by atoms with Crippen LogP contribution in [0.4, 0.5) is 4.79 Å². The number of urea groups is 1. The van der Waals surface area contributed by atoms with Gasteiger partial charge in [-0.05, 0) is 31.9 Å². The Balaban J connectivity index is 1.62. The zero-order chi connectivity index (χ0) is 15.5. The number of nitrogens with zero attached hydrogens (tertiary/aromatic N) is 2. The minimum Gasteiger partial charge on any atom is -0.376 e. The predicted octanol–water partition coefficient (Wildman–Crippen LogP) is 3.18. The maximum atomic E-state index is 12.3. The van der Waals surface area contributed by atoms with Crippen molar-refractivity contribution in [2.45, 2.75) is 31.9 Å². The minimum atomic E-state index is -0.0812. The molecule has 0 radical (unpaired) electrons. The summed E-state index contributed by atoms with van der Waals surface area (Å²) >= 11 is 1.64. The molecule has 0 saturated carbocycles. The van der Waals surface area contributed by atoms with E-state index in [2.05, 4.69) is 16.4 Å². The van der Waals surface area contributed by atoms with E-state index >= 15 is 0 Å². The molecular formula is C16H21N3O2S. The van der Waals surface area contributed by atoms with E-state index in [1.807, 2.05) is 32.2 Å². The summed E-state index contributed by atoms with van der Waals surface area (Å²) in [4.78, 5) is 18.6. The molecule has 22 heavy (non-hydrogen) atoms. The first kappa shape index (κ1) is 15.2. The number of hydrogen-bond acceptors (Lipinski definition) is 4. The number of amides is 2. The largest absolute Gasteiger partial charge is 0.376 e. The average molecular weight is 319 g/mol. The number of nitrogens with one attached hydrogen (secondary N) is 1. The average Bonchev–Trinajstić information content (AvgIpc) is 3.19. The fourth-order valence-corrected chi connectivity index (χ4v) is 3.60. The van der Waals surface area contributed by atoms with Crippen molar-refractivity contribution >= 4 is 27.6 Å². The lowest BCUT2D eigenvalue weighted by molar-refractivity contribution is 0.108. The molecule has 3 rings (SSSR count). The third-order valence-corrected chi connectivity index (χ3v) is 5.28. The Labute approximate surface area is 134 Å². The fraction of sp³-hybridized carbons (Fsp3) is 0.500. The predicted molar refractivity (Wildman–Crippen MR) is 88.2 cm³/mol. The summed E-state index contributed by atoms with van der Waals surface area (Å²) < 4.78 is 6.68. The van der Waals surface area contributed by atoms with Gasteiger partial charge in [0.25, 0.3) is 0 Å². The van der Waals surface area contributed by atoms with Crippen molar-refractivity contribution < 1.29 is 9.53 Å². The third kappa shape index (κ3) is 3.23. The number of rotatable bonds is 4. The number of carbonyl (C=O) groups is 1. The standard InChI is InChI=1S/C16H21N3O2S/c1-11(15-18-13-7-3-4-8-14(13)22-15)19(2)16(20)17-10-12-6-5-9-21-12/h3-4,7-8,11-12H,5-6,9-10H2,1-2H3,(H,17,20). The molecule has 1 N–H and O–H groups in total. The number of aromatic nitrogens is 1. The summed E-state index contributed by atoms with van der Waals surface area (Å²) in [7, 11) is 1.81. The van der Waals surface area contributed by atoms with Gasteiger partial charge in [-0.25, -0.2) is 9.78 Å². The SMILES string of the molecule is CC(c1nc2ccccc2s1)N(C)C(=O)NCC1CCCO1. The molecule has 2 heterocycles. The zero-order valence-electron chi connectivity index (χ0n) is 12.9. The third-order valence-electron chi connectivity index (χ3n) is 4.07. The molecule has 2 amide bonds. The molecule has 1 aromatic heterocycles. The van der Waals surface area contributed by atoms with E-state index in [0.29, 0.717) is 6.54 Å². The summed E-state index contributed by atoms with van der Waals surface area (Å²) in [5.74, 6) is 0. The van der Waals surface area contributed by atoms with E-state index in [4.69, 9.17) is 4.74 Å². The summed E-state index contributed by atoms with van der Waals surface area (Å²) in [5, 5.41) is 3.90. The van der Waals surface area contributed by atoms with Crippen molar-refractivity contribution in [3.8, 4) is 0 Å². The molecule has 1 aliphatic heterocycles. The van der Waals surface area contributed by atoms with Crippen LogP contribution in [0.25, 0.3) is 10.2 Å². The highest BCUT2D eigenvalue weighted by molar-refractivity contribution is 7.18. The lowest BCUT2D eigenvalue weighted by Crippen LogP contribution is -2.41. The summed E-state index contributed by atoms with van der Waals surface area (Å²) in [5.41, 5.74) is 0.988. The van der Waals surface area contributed by atoms with Crippen molar-refractivity contribution in [3.63, 3.8) is 0 Å². The molecule has 1 saturated heterocycles. The molecule has 1 aromatic carbocycles. The van der Waals surface area contributed by atoms with E-state index in [-0.39, 0.29) is 18.2 Å². The maximum Gasteiger partial charge on any atom is 0.317 e. The molecular weight excluding hydrogens is 298 g/mol. The Morgan fingerprint density at radius 2 is 2.36 bits per heavy atom. The quantitative estimate of drug-likeness (QED) is 0.941. The number of thiazole rings is 1. The van der Waals surface area contributed by atoms with Crippen molar-refractivity contribution in [2.24, 2.45) is 0 Å². The van der Waals surface area contributed by atoms with Crippen LogP contribution in [0.2, 0.25) is 0 Å². The van der Waals surface area contributed by atoms with Gasteiger partial charge in [0.1, 0.15) is 5.01 Å². The second-order valence-electron chi connectivity index (χ2n) is 5.63. The number of fused-ring (bicyclic) bond motifs is 1.